The molecule has 0 N–H and O–H groups in total. The van der Waals surface area contributed by atoms with E-state index in [9.17, 15) is 9.18 Å². The average Bonchev–Trinajstić information content (AvgIpc) is 2.71. The average molecular weight is 354 g/mol. The third-order valence-electron chi connectivity index (χ3n) is 2.91. The Bertz CT molecular complexity index is 735. The normalized spacial score (nSPS) is 15.3. The molecule has 0 bridgehead atoms. The Morgan fingerprint density at radius 3 is 2.80 bits per heavy atom. The van der Waals surface area contributed by atoms with E-state index in [1.165, 1.54) is 18.2 Å². The van der Waals surface area contributed by atoms with Gasteiger partial charge in [0.05, 0.1) is 10.6 Å². The lowest BCUT2D eigenvalue weighted by molar-refractivity contribution is 0.101. The van der Waals surface area contributed by atoms with E-state index in [0.717, 1.165) is 4.47 Å². The fraction of sp³-hybridized carbons (Fsp3) is 0. The first-order chi connectivity index (χ1) is 9.56. The summed E-state index contributed by atoms with van der Waals surface area (Å²) in [5.41, 5.74) is 0.586. The van der Waals surface area contributed by atoms with Gasteiger partial charge in [-0.1, -0.05) is 33.6 Å². The Labute approximate surface area is 127 Å². The fourth-order valence-corrected chi connectivity index (χ4v) is 2.52. The van der Waals surface area contributed by atoms with Crippen molar-refractivity contribution in [1.29, 1.82) is 0 Å². The van der Waals surface area contributed by atoms with E-state index < -0.39 is 5.82 Å². The van der Waals surface area contributed by atoms with Crippen LogP contribution in [-0.4, -0.2) is 5.78 Å². The molecule has 0 amide bonds. The van der Waals surface area contributed by atoms with Crippen molar-refractivity contribution in [3.8, 4) is 5.75 Å². The SMILES string of the molecule is O=C1/C(=C/c2c(F)cccc2Cl)Oc2ccc(Br)cc21. The van der Waals surface area contributed by atoms with Crippen LogP contribution in [0.25, 0.3) is 6.08 Å². The quantitative estimate of drug-likeness (QED) is 0.685. The maximum Gasteiger partial charge on any atom is 0.232 e. The van der Waals surface area contributed by atoms with E-state index in [1.807, 2.05) is 0 Å². The smallest absolute Gasteiger partial charge is 0.232 e. The number of Topliss-reactive ketones (excluding diaryl/α,β-unsaturated/α-hetero) is 1. The molecule has 100 valence electrons. The number of benzene rings is 2. The zero-order chi connectivity index (χ0) is 14.3. The number of halogens is 3. The molecule has 3 rings (SSSR count). The highest BCUT2D eigenvalue weighted by molar-refractivity contribution is 9.10. The van der Waals surface area contributed by atoms with Gasteiger partial charge in [0, 0.05) is 10.0 Å². The van der Waals surface area contributed by atoms with Crippen LogP contribution in [0.3, 0.4) is 0 Å². The number of hydrogen-bond donors (Lipinski definition) is 0. The molecule has 0 aliphatic carbocycles. The lowest BCUT2D eigenvalue weighted by Crippen LogP contribution is -1.99. The summed E-state index contributed by atoms with van der Waals surface area (Å²) in [6, 6.07) is 9.46. The maximum absolute atomic E-state index is 13.7. The number of fused-ring (bicyclic) bond motifs is 1. The van der Waals surface area contributed by atoms with Crippen LogP contribution in [0.5, 0.6) is 5.75 Å². The van der Waals surface area contributed by atoms with E-state index in [2.05, 4.69) is 15.9 Å². The van der Waals surface area contributed by atoms with Gasteiger partial charge in [0.1, 0.15) is 11.6 Å². The van der Waals surface area contributed by atoms with Gasteiger partial charge in [-0.2, -0.15) is 0 Å². The molecule has 0 radical (unpaired) electrons. The first-order valence-electron chi connectivity index (χ1n) is 5.74. The molecule has 2 aromatic carbocycles. The number of ether oxygens (including phenoxy) is 1. The minimum Gasteiger partial charge on any atom is -0.452 e. The van der Waals surface area contributed by atoms with Crippen molar-refractivity contribution in [2.75, 3.05) is 0 Å². The van der Waals surface area contributed by atoms with Crippen LogP contribution in [-0.2, 0) is 0 Å². The molecule has 0 fully saturated rings. The summed E-state index contributed by atoms with van der Waals surface area (Å²) in [6.07, 6.45) is 1.33. The van der Waals surface area contributed by atoms with Gasteiger partial charge in [-0.25, -0.2) is 4.39 Å². The molecule has 0 saturated carbocycles. The highest BCUT2D eigenvalue weighted by Crippen LogP contribution is 2.34. The van der Waals surface area contributed by atoms with Crippen molar-refractivity contribution in [3.05, 3.63) is 68.6 Å². The summed E-state index contributed by atoms with van der Waals surface area (Å²) in [6.45, 7) is 0. The molecule has 5 heteroatoms. The maximum atomic E-state index is 13.7. The molecule has 0 aromatic heterocycles. The Hall–Kier alpha value is -1.65. The molecule has 0 unspecified atom stereocenters. The Morgan fingerprint density at radius 1 is 1.25 bits per heavy atom. The van der Waals surface area contributed by atoms with E-state index in [0.29, 0.717) is 11.3 Å². The van der Waals surface area contributed by atoms with Crippen molar-refractivity contribution in [3.63, 3.8) is 0 Å². The Morgan fingerprint density at radius 2 is 2.05 bits per heavy atom. The predicted octanol–water partition coefficient (Wildman–Crippen LogP) is 4.86. The Kier molecular flexibility index (Phi) is 3.36. The first-order valence-corrected chi connectivity index (χ1v) is 6.91. The second-order valence-corrected chi connectivity index (χ2v) is 5.54. The van der Waals surface area contributed by atoms with Gasteiger partial charge in [0.2, 0.25) is 5.78 Å². The number of ketones is 1. The zero-order valence-electron chi connectivity index (χ0n) is 9.99. The molecule has 20 heavy (non-hydrogen) atoms. The van der Waals surface area contributed by atoms with Crippen LogP contribution < -0.4 is 4.74 Å². The predicted molar refractivity (Wildman–Crippen MR) is 78.5 cm³/mol. The summed E-state index contributed by atoms with van der Waals surface area (Å²) in [7, 11) is 0. The van der Waals surface area contributed by atoms with Crippen molar-refractivity contribution >= 4 is 39.4 Å². The topological polar surface area (TPSA) is 26.3 Å². The van der Waals surface area contributed by atoms with E-state index >= 15 is 0 Å². The molecule has 1 aliphatic heterocycles. The molecule has 0 atom stereocenters. The summed E-state index contributed by atoms with van der Waals surface area (Å²) >= 11 is 9.23. The molecule has 0 spiro atoms. The number of rotatable bonds is 1. The van der Waals surface area contributed by atoms with E-state index in [4.69, 9.17) is 16.3 Å². The summed E-state index contributed by atoms with van der Waals surface area (Å²) in [5.74, 6) is -0.277. The zero-order valence-corrected chi connectivity index (χ0v) is 12.3. The summed E-state index contributed by atoms with van der Waals surface area (Å²) < 4.78 is 20.0. The second-order valence-electron chi connectivity index (χ2n) is 4.22. The molecule has 1 heterocycles. The summed E-state index contributed by atoms with van der Waals surface area (Å²) in [4.78, 5) is 12.2. The summed E-state index contributed by atoms with van der Waals surface area (Å²) in [5, 5.41) is 0.228. The third kappa shape index (κ3) is 2.25. The van der Waals surface area contributed by atoms with Crippen LogP contribution in [0.2, 0.25) is 5.02 Å². The number of carbonyl (C=O) groups excluding carboxylic acids is 1. The lowest BCUT2D eigenvalue weighted by atomic mass is 10.1. The molecule has 1 aliphatic rings. The number of carbonyl (C=O) groups is 1. The Balaban J connectivity index is 2.06. The van der Waals surface area contributed by atoms with Crippen LogP contribution in [0.4, 0.5) is 4.39 Å². The monoisotopic (exact) mass is 352 g/mol. The van der Waals surface area contributed by atoms with Gasteiger partial charge in [-0.05, 0) is 36.4 Å². The highest BCUT2D eigenvalue weighted by atomic mass is 79.9. The molecular weight excluding hydrogens is 347 g/mol. The van der Waals surface area contributed by atoms with Crippen molar-refractivity contribution in [1.82, 2.24) is 0 Å². The fourth-order valence-electron chi connectivity index (χ4n) is 1.94. The van der Waals surface area contributed by atoms with E-state index in [-0.39, 0.29) is 22.1 Å². The molecule has 2 aromatic rings. The van der Waals surface area contributed by atoms with Gasteiger partial charge in [0.25, 0.3) is 0 Å². The van der Waals surface area contributed by atoms with Crippen molar-refractivity contribution in [2.24, 2.45) is 0 Å². The number of allylic oxidation sites excluding steroid dienone is 1. The standard InChI is InChI=1S/C15H7BrClFO2/c16-8-4-5-13-10(6-8)15(19)14(20-13)7-9-11(17)2-1-3-12(9)18/h1-7H/b14-7-. The van der Waals surface area contributed by atoms with Gasteiger partial charge in [0.15, 0.2) is 5.76 Å². The first kappa shape index (κ1) is 13.3. The van der Waals surface area contributed by atoms with E-state index in [1.54, 1.807) is 24.3 Å². The third-order valence-corrected chi connectivity index (χ3v) is 3.73. The van der Waals surface area contributed by atoms with Gasteiger partial charge in [-0.3, -0.25) is 4.79 Å². The molecule has 2 nitrogen and oxygen atoms in total. The second kappa shape index (κ2) is 5.04. The van der Waals surface area contributed by atoms with Crippen LogP contribution in [0.15, 0.2) is 46.6 Å². The largest absolute Gasteiger partial charge is 0.452 e. The van der Waals surface area contributed by atoms with Crippen LogP contribution in [0, 0.1) is 5.82 Å². The molecular formula is C15H7BrClFO2. The van der Waals surface area contributed by atoms with Crippen molar-refractivity contribution in [2.45, 2.75) is 0 Å². The molecule has 0 saturated heterocycles. The van der Waals surface area contributed by atoms with Gasteiger partial charge >= 0.3 is 0 Å². The number of hydrogen-bond acceptors (Lipinski definition) is 2. The van der Waals surface area contributed by atoms with Gasteiger partial charge < -0.3 is 4.74 Å². The highest BCUT2D eigenvalue weighted by Gasteiger charge is 2.27. The van der Waals surface area contributed by atoms with Crippen LogP contribution in [0.1, 0.15) is 15.9 Å². The minimum atomic E-state index is -0.501. The van der Waals surface area contributed by atoms with Crippen molar-refractivity contribution < 1.29 is 13.9 Å². The van der Waals surface area contributed by atoms with Crippen LogP contribution >= 0.6 is 27.5 Å². The van der Waals surface area contributed by atoms with Gasteiger partial charge in [-0.15, -0.1) is 0 Å². The minimum absolute atomic E-state index is 0.0603. The lowest BCUT2D eigenvalue weighted by Gasteiger charge is -2.02.